The highest BCUT2D eigenvalue weighted by atomic mass is 16.5. The molecule has 1 saturated heterocycles. The minimum absolute atomic E-state index is 0.0272. The van der Waals surface area contributed by atoms with Crippen molar-refractivity contribution in [2.75, 3.05) is 19.7 Å². The maximum Gasteiger partial charge on any atom is 0.222 e. The SMILES string of the molecule is CC(C)OC[C@@H]1C[C@@H](O)CN1C(=O)CCCCCN. The summed E-state index contributed by atoms with van der Waals surface area (Å²) in [5, 5.41) is 9.73. The van der Waals surface area contributed by atoms with Gasteiger partial charge in [-0.25, -0.2) is 0 Å². The maximum atomic E-state index is 12.1. The van der Waals surface area contributed by atoms with Gasteiger partial charge in [0, 0.05) is 13.0 Å². The van der Waals surface area contributed by atoms with E-state index in [1.54, 1.807) is 4.90 Å². The fourth-order valence-electron chi connectivity index (χ4n) is 2.40. The summed E-state index contributed by atoms with van der Waals surface area (Å²) in [4.78, 5) is 13.9. The lowest BCUT2D eigenvalue weighted by atomic mass is 10.1. The number of nitrogens with zero attached hydrogens (tertiary/aromatic N) is 1. The molecule has 0 saturated carbocycles. The number of hydrogen-bond donors (Lipinski definition) is 2. The molecular weight excluding hydrogens is 244 g/mol. The van der Waals surface area contributed by atoms with Crippen LogP contribution in [0.25, 0.3) is 0 Å². The quantitative estimate of drug-likeness (QED) is 0.644. The minimum atomic E-state index is -0.409. The normalized spacial score (nSPS) is 23.3. The van der Waals surface area contributed by atoms with E-state index in [1.165, 1.54) is 0 Å². The molecule has 0 aromatic rings. The Morgan fingerprint density at radius 1 is 1.42 bits per heavy atom. The molecule has 1 heterocycles. The average molecular weight is 272 g/mol. The summed E-state index contributed by atoms with van der Waals surface area (Å²) in [7, 11) is 0. The topological polar surface area (TPSA) is 75.8 Å². The van der Waals surface area contributed by atoms with E-state index in [2.05, 4.69) is 0 Å². The van der Waals surface area contributed by atoms with Gasteiger partial charge in [-0.2, -0.15) is 0 Å². The van der Waals surface area contributed by atoms with Crippen molar-refractivity contribution in [1.29, 1.82) is 0 Å². The fraction of sp³-hybridized carbons (Fsp3) is 0.929. The number of ether oxygens (including phenoxy) is 1. The van der Waals surface area contributed by atoms with Crippen LogP contribution in [0.2, 0.25) is 0 Å². The molecule has 2 atom stereocenters. The summed E-state index contributed by atoms with van der Waals surface area (Å²) < 4.78 is 5.58. The Morgan fingerprint density at radius 2 is 2.16 bits per heavy atom. The molecule has 0 radical (unpaired) electrons. The first-order chi connectivity index (χ1) is 9.04. The highest BCUT2D eigenvalue weighted by Crippen LogP contribution is 2.20. The van der Waals surface area contributed by atoms with Crippen LogP contribution in [0.4, 0.5) is 0 Å². The summed E-state index contributed by atoms with van der Waals surface area (Å²) in [5.41, 5.74) is 5.43. The van der Waals surface area contributed by atoms with Gasteiger partial charge in [0.05, 0.1) is 24.9 Å². The predicted octanol–water partition coefficient (Wildman–Crippen LogP) is 0.892. The van der Waals surface area contributed by atoms with Gasteiger partial charge in [0.25, 0.3) is 0 Å². The molecule has 1 fully saturated rings. The van der Waals surface area contributed by atoms with Crippen molar-refractivity contribution >= 4 is 5.91 Å². The lowest BCUT2D eigenvalue weighted by molar-refractivity contribution is -0.133. The van der Waals surface area contributed by atoms with Gasteiger partial charge < -0.3 is 20.5 Å². The summed E-state index contributed by atoms with van der Waals surface area (Å²) in [6, 6.07) is 0.0272. The number of amides is 1. The number of carbonyl (C=O) groups excluding carboxylic acids is 1. The van der Waals surface area contributed by atoms with E-state index in [1.807, 2.05) is 13.8 Å². The van der Waals surface area contributed by atoms with Gasteiger partial charge in [0.1, 0.15) is 0 Å². The van der Waals surface area contributed by atoms with E-state index in [0.29, 0.717) is 32.5 Å². The van der Waals surface area contributed by atoms with Gasteiger partial charge in [0.15, 0.2) is 0 Å². The highest BCUT2D eigenvalue weighted by molar-refractivity contribution is 5.76. The molecule has 0 spiro atoms. The Balaban J connectivity index is 2.37. The predicted molar refractivity (Wildman–Crippen MR) is 74.7 cm³/mol. The first kappa shape index (κ1) is 16.4. The third-order valence-corrected chi connectivity index (χ3v) is 3.43. The number of carbonyl (C=O) groups is 1. The molecule has 5 nitrogen and oxygen atoms in total. The van der Waals surface area contributed by atoms with E-state index in [-0.39, 0.29) is 18.1 Å². The van der Waals surface area contributed by atoms with Crippen molar-refractivity contribution in [2.45, 2.75) is 64.2 Å². The zero-order chi connectivity index (χ0) is 14.3. The van der Waals surface area contributed by atoms with E-state index in [4.69, 9.17) is 10.5 Å². The van der Waals surface area contributed by atoms with Gasteiger partial charge >= 0.3 is 0 Å². The number of hydrogen-bond acceptors (Lipinski definition) is 4. The fourth-order valence-corrected chi connectivity index (χ4v) is 2.40. The van der Waals surface area contributed by atoms with E-state index >= 15 is 0 Å². The van der Waals surface area contributed by atoms with Crippen LogP contribution >= 0.6 is 0 Å². The molecular formula is C14H28N2O3. The Hall–Kier alpha value is -0.650. The molecule has 19 heavy (non-hydrogen) atoms. The number of β-amino-alcohol motifs (C(OH)–C–C–N with tert-alkyl or cyclic N) is 1. The zero-order valence-corrected chi connectivity index (χ0v) is 12.2. The van der Waals surface area contributed by atoms with Gasteiger partial charge in [-0.05, 0) is 39.7 Å². The smallest absolute Gasteiger partial charge is 0.222 e. The Labute approximate surface area is 116 Å². The maximum absolute atomic E-state index is 12.1. The van der Waals surface area contributed by atoms with Crippen molar-refractivity contribution in [2.24, 2.45) is 5.73 Å². The molecule has 112 valence electrons. The number of likely N-dealkylation sites (tertiary alicyclic amines) is 1. The van der Waals surface area contributed by atoms with Gasteiger partial charge in [-0.15, -0.1) is 0 Å². The molecule has 1 amide bonds. The second kappa shape index (κ2) is 8.51. The van der Waals surface area contributed by atoms with Gasteiger partial charge in [0.2, 0.25) is 5.91 Å². The summed E-state index contributed by atoms with van der Waals surface area (Å²) in [6.45, 7) is 5.60. The second-order valence-electron chi connectivity index (χ2n) is 5.57. The average Bonchev–Trinajstić information content (AvgIpc) is 2.73. The van der Waals surface area contributed by atoms with Crippen LogP contribution in [0, 0.1) is 0 Å². The number of rotatable bonds is 8. The molecule has 0 aliphatic carbocycles. The van der Waals surface area contributed by atoms with E-state index in [9.17, 15) is 9.90 Å². The first-order valence-corrected chi connectivity index (χ1v) is 7.33. The molecule has 0 bridgehead atoms. The molecule has 0 aromatic heterocycles. The van der Waals surface area contributed by atoms with Crippen molar-refractivity contribution < 1.29 is 14.6 Å². The van der Waals surface area contributed by atoms with Crippen LogP contribution in [0.3, 0.4) is 0 Å². The lowest BCUT2D eigenvalue weighted by Crippen LogP contribution is -2.39. The van der Waals surface area contributed by atoms with Gasteiger partial charge in [-0.1, -0.05) is 6.42 Å². The second-order valence-corrected chi connectivity index (χ2v) is 5.57. The summed E-state index contributed by atoms with van der Waals surface area (Å²) in [5.74, 6) is 0.130. The third-order valence-electron chi connectivity index (χ3n) is 3.43. The number of unbranched alkanes of at least 4 members (excludes halogenated alkanes) is 2. The number of aliphatic hydroxyl groups excluding tert-OH is 1. The van der Waals surface area contributed by atoms with Crippen molar-refractivity contribution in [3.63, 3.8) is 0 Å². The van der Waals surface area contributed by atoms with Crippen molar-refractivity contribution in [1.82, 2.24) is 4.90 Å². The Morgan fingerprint density at radius 3 is 2.79 bits per heavy atom. The van der Waals surface area contributed by atoms with Crippen LogP contribution in [-0.4, -0.2) is 53.9 Å². The van der Waals surface area contributed by atoms with Crippen LogP contribution in [-0.2, 0) is 9.53 Å². The molecule has 3 N–H and O–H groups in total. The van der Waals surface area contributed by atoms with Crippen molar-refractivity contribution in [3.8, 4) is 0 Å². The largest absolute Gasteiger partial charge is 0.391 e. The lowest BCUT2D eigenvalue weighted by Gasteiger charge is -2.25. The molecule has 5 heteroatoms. The molecule has 1 aliphatic heterocycles. The zero-order valence-electron chi connectivity index (χ0n) is 12.2. The highest BCUT2D eigenvalue weighted by Gasteiger charge is 2.33. The first-order valence-electron chi connectivity index (χ1n) is 7.33. The molecule has 0 aromatic carbocycles. The van der Waals surface area contributed by atoms with Crippen molar-refractivity contribution in [3.05, 3.63) is 0 Å². The molecule has 1 aliphatic rings. The van der Waals surface area contributed by atoms with E-state index < -0.39 is 6.10 Å². The summed E-state index contributed by atoms with van der Waals surface area (Å²) in [6.07, 6.45) is 3.75. The molecule has 1 rings (SSSR count). The van der Waals surface area contributed by atoms with Crippen LogP contribution in [0.5, 0.6) is 0 Å². The Bertz CT molecular complexity index is 271. The van der Waals surface area contributed by atoms with E-state index in [0.717, 1.165) is 19.3 Å². The third kappa shape index (κ3) is 5.89. The van der Waals surface area contributed by atoms with Gasteiger partial charge in [-0.3, -0.25) is 4.79 Å². The monoisotopic (exact) mass is 272 g/mol. The molecule has 0 unspecified atom stereocenters. The standard InChI is InChI=1S/C14H28N2O3/c1-11(2)19-10-12-8-13(17)9-16(12)14(18)6-4-3-5-7-15/h11-13,17H,3-10,15H2,1-2H3/t12-,13+/m0/s1. The number of aliphatic hydroxyl groups is 1. The van der Waals surface area contributed by atoms with Crippen LogP contribution < -0.4 is 5.73 Å². The summed E-state index contributed by atoms with van der Waals surface area (Å²) >= 11 is 0. The Kier molecular flexibility index (Phi) is 7.34. The van der Waals surface area contributed by atoms with Crippen LogP contribution in [0.1, 0.15) is 46.0 Å². The van der Waals surface area contributed by atoms with Crippen LogP contribution in [0.15, 0.2) is 0 Å². The number of nitrogens with two attached hydrogens (primary N) is 1. The minimum Gasteiger partial charge on any atom is -0.391 e.